The molecule has 20 heavy (non-hydrogen) atoms. The summed E-state index contributed by atoms with van der Waals surface area (Å²) in [6.45, 7) is 7.61. The summed E-state index contributed by atoms with van der Waals surface area (Å²) in [5, 5.41) is -0.329. The Labute approximate surface area is 123 Å². The average molecular weight is 295 g/mol. The fraction of sp³-hybridized carbons (Fsp3) is 0.500. The predicted octanol–water partition coefficient (Wildman–Crippen LogP) is 2.72. The Morgan fingerprint density at radius 1 is 1.30 bits per heavy atom. The van der Waals surface area contributed by atoms with Crippen LogP contribution in [0.2, 0.25) is 0 Å². The van der Waals surface area contributed by atoms with E-state index in [2.05, 4.69) is 9.97 Å². The van der Waals surface area contributed by atoms with Gasteiger partial charge in [0.2, 0.25) is 5.91 Å². The smallest absolute Gasteiger partial charge is 0.240 e. The van der Waals surface area contributed by atoms with E-state index in [0.29, 0.717) is 11.5 Å². The van der Waals surface area contributed by atoms with Crippen molar-refractivity contribution in [2.24, 2.45) is 11.7 Å². The third-order valence-electron chi connectivity index (χ3n) is 3.26. The number of aryl methyl sites for hydroxylation is 1. The Hall–Kier alpha value is -1.62. The molecule has 5 nitrogen and oxygen atoms in total. The van der Waals surface area contributed by atoms with Crippen LogP contribution >= 0.6 is 11.6 Å². The molecule has 2 atom stereocenters. The first-order chi connectivity index (χ1) is 9.32. The number of fused-ring (bicyclic) bond motifs is 1. The molecule has 0 aromatic carbocycles. The van der Waals surface area contributed by atoms with Crippen LogP contribution < -0.4 is 5.73 Å². The SMILES string of the molecule is Cc1ccc2nc(C(C)Cl)n(C(C(N)=O)C(C)C)c2n1. The highest BCUT2D eigenvalue weighted by Crippen LogP contribution is 2.30. The molecule has 0 aliphatic rings. The molecule has 0 spiro atoms. The number of nitrogens with two attached hydrogens (primary N) is 1. The summed E-state index contributed by atoms with van der Waals surface area (Å²) in [6.07, 6.45) is 0. The number of alkyl halides is 1. The topological polar surface area (TPSA) is 73.8 Å². The maximum atomic E-state index is 11.8. The molecule has 2 rings (SSSR count). The van der Waals surface area contributed by atoms with Crippen LogP contribution in [0.4, 0.5) is 0 Å². The zero-order chi connectivity index (χ0) is 15.0. The number of carbonyl (C=O) groups excluding carboxylic acids is 1. The van der Waals surface area contributed by atoms with Crippen LogP contribution in [0.15, 0.2) is 12.1 Å². The van der Waals surface area contributed by atoms with Crippen LogP contribution in [0.3, 0.4) is 0 Å². The van der Waals surface area contributed by atoms with Crippen molar-refractivity contribution < 1.29 is 4.79 Å². The van der Waals surface area contributed by atoms with Crippen molar-refractivity contribution >= 4 is 28.7 Å². The second-order valence-electron chi connectivity index (χ2n) is 5.34. The monoisotopic (exact) mass is 294 g/mol. The number of rotatable bonds is 4. The lowest BCUT2D eigenvalue weighted by molar-refractivity contribution is -0.122. The summed E-state index contributed by atoms with van der Waals surface area (Å²) in [5.41, 5.74) is 7.81. The van der Waals surface area contributed by atoms with Gasteiger partial charge in [0.15, 0.2) is 5.65 Å². The molecule has 2 aromatic rings. The summed E-state index contributed by atoms with van der Waals surface area (Å²) in [6, 6.07) is 3.26. The summed E-state index contributed by atoms with van der Waals surface area (Å²) < 4.78 is 1.78. The lowest BCUT2D eigenvalue weighted by Crippen LogP contribution is -2.32. The number of hydrogen-bond donors (Lipinski definition) is 1. The van der Waals surface area contributed by atoms with Crippen LogP contribution in [-0.2, 0) is 4.79 Å². The molecule has 0 aliphatic carbocycles. The number of hydrogen-bond acceptors (Lipinski definition) is 3. The van der Waals surface area contributed by atoms with Crippen molar-refractivity contribution in [2.45, 2.75) is 39.1 Å². The zero-order valence-corrected chi connectivity index (χ0v) is 12.8. The normalized spacial score (nSPS) is 14.7. The standard InChI is InChI=1S/C14H19ClN4O/c1-7(2)11(12(16)20)19-13(9(4)15)18-10-6-5-8(3)17-14(10)19/h5-7,9,11H,1-4H3,(H2,16,20). The molecule has 2 heterocycles. The largest absolute Gasteiger partial charge is 0.368 e. The molecule has 0 aliphatic heterocycles. The van der Waals surface area contributed by atoms with E-state index in [0.717, 1.165) is 11.2 Å². The van der Waals surface area contributed by atoms with Gasteiger partial charge < -0.3 is 5.73 Å². The van der Waals surface area contributed by atoms with E-state index in [1.165, 1.54) is 0 Å². The number of carbonyl (C=O) groups is 1. The highest BCUT2D eigenvalue weighted by atomic mass is 35.5. The summed E-state index contributed by atoms with van der Waals surface area (Å²) in [5.74, 6) is 0.250. The van der Waals surface area contributed by atoms with Crippen molar-refractivity contribution in [3.8, 4) is 0 Å². The molecule has 2 unspecified atom stereocenters. The molecule has 0 radical (unpaired) electrons. The first-order valence-corrected chi connectivity index (χ1v) is 7.05. The summed E-state index contributed by atoms with van der Waals surface area (Å²) >= 11 is 6.21. The van der Waals surface area contributed by atoms with Crippen molar-refractivity contribution in [2.75, 3.05) is 0 Å². The van der Waals surface area contributed by atoms with Gasteiger partial charge in [-0.15, -0.1) is 11.6 Å². The minimum atomic E-state index is -0.509. The van der Waals surface area contributed by atoms with Crippen molar-refractivity contribution in [3.05, 3.63) is 23.7 Å². The van der Waals surface area contributed by atoms with Crippen LogP contribution in [0.1, 0.15) is 43.7 Å². The Balaban J connectivity index is 2.79. The summed E-state index contributed by atoms with van der Waals surface area (Å²) in [7, 11) is 0. The number of nitrogens with zero attached hydrogens (tertiary/aromatic N) is 3. The molecule has 6 heteroatoms. The third-order valence-corrected chi connectivity index (χ3v) is 3.46. The van der Waals surface area contributed by atoms with Gasteiger partial charge in [-0.1, -0.05) is 13.8 Å². The van der Waals surface area contributed by atoms with E-state index in [-0.39, 0.29) is 11.3 Å². The number of halogens is 1. The third kappa shape index (κ3) is 2.50. The van der Waals surface area contributed by atoms with E-state index in [1.807, 2.05) is 39.8 Å². The maximum Gasteiger partial charge on any atom is 0.240 e. The number of primary amides is 1. The Morgan fingerprint density at radius 2 is 1.95 bits per heavy atom. The van der Waals surface area contributed by atoms with Crippen molar-refractivity contribution in [1.82, 2.24) is 14.5 Å². The molecule has 1 amide bonds. The van der Waals surface area contributed by atoms with Crippen molar-refractivity contribution in [3.63, 3.8) is 0 Å². The zero-order valence-electron chi connectivity index (χ0n) is 12.1. The van der Waals surface area contributed by atoms with Gasteiger partial charge in [-0.05, 0) is 31.9 Å². The van der Waals surface area contributed by atoms with E-state index >= 15 is 0 Å². The van der Waals surface area contributed by atoms with Crippen LogP contribution in [0.25, 0.3) is 11.2 Å². The fourth-order valence-electron chi connectivity index (χ4n) is 2.39. The second-order valence-corrected chi connectivity index (χ2v) is 6.00. The first kappa shape index (κ1) is 14.8. The molecule has 0 saturated carbocycles. The Bertz CT molecular complexity index is 648. The van der Waals surface area contributed by atoms with E-state index in [4.69, 9.17) is 17.3 Å². The Morgan fingerprint density at radius 3 is 2.45 bits per heavy atom. The van der Waals surface area contributed by atoms with E-state index in [1.54, 1.807) is 4.57 Å². The highest BCUT2D eigenvalue weighted by Gasteiger charge is 2.28. The van der Waals surface area contributed by atoms with Gasteiger partial charge in [-0.2, -0.15) is 0 Å². The van der Waals surface area contributed by atoms with Crippen LogP contribution in [-0.4, -0.2) is 20.4 Å². The molecule has 0 fully saturated rings. The van der Waals surface area contributed by atoms with Gasteiger partial charge in [0.05, 0.1) is 5.38 Å². The molecule has 0 saturated heterocycles. The number of imidazole rings is 1. The molecule has 0 bridgehead atoms. The van der Waals surface area contributed by atoms with Gasteiger partial charge in [0, 0.05) is 5.69 Å². The van der Waals surface area contributed by atoms with Crippen molar-refractivity contribution in [1.29, 1.82) is 0 Å². The summed E-state index contributed by atoms with van der Waals surface area (Å²) in [4.78, 5) is 20.8. The van der Waals surface area contributed by atoms with Gasteiger partial charge in [0.1, 0.15) is 17.4 Å². The number of aromatic nitrogens is 3. The fourth-order valence-corrected chi connectivity index (χ4v) is 2.55. The molecular weight excluding hydrogens is 276 g/mol. The number of pyridine rings is 1. The van der Waals surface area contributed by atoms with E-state index in [9.17, 15) is 4.79 Å². The highest BCUT2D eigenvalue weighted by molar-refractivity contribution is 6.20. The minimum absolute atomic E-state index is 0.0291. The van der Waals surface area contributed by atoms with Gasteiger partial charge in [0.25, 0.3) is 0 Å². The minimum Gasteiger partial charge on any atom is -0.368 e. The number of amides is 1. The quantitative estimate of drug-likeness (QED) is 0.881. The van der Waals surface area contributed by atoms with Gasteiger partial charge >= 0.3 is 0 Å². The van der Waals surface area contributed by atoms with E-state index < -0.39 is 11.9 Å². The van der Waals surface area contributed by atoms with Crippen LogP contribution in [0, 0.1) is 12.8 Å². The Kier molecular flexibility index (Phi) is 3.99. The second kappa shape index (κ2) is 5.40. The average Bonchev–Trinajstić information content (AvgIpc) is 2.67. The van der Waals surface area contributed by atoms with Gasteiger partial charge in [-0.3, -0.25) is 9.36 Å². The molecule has 2 aromatic heterocycles. The lowest BCUT2D eigenvalue weighted by atomic mass is 10.0. The molecule has 108 valence electrons. The lowest BCUT2D eigenvalue weighted by Gasteiger charge is -2.22. The molecular formula is C14H19ClN4O. The maximum absolute atomic E-state index is 11.8. The van der Waals surface area contributed by atoms with Crippen LogP contribution in [0.5, 0.6) is 0 Å². The van der Waals surface area contributed by atoms with Gasteiger partial charge in [-0.25, -0.2) is 9.97 Å². The first-order valence-electron chi connectivity index (χ1n) is 6.61. The molecule has 2 N–H and O–H groups in total. The predicted molar refractivity (Wildman–Crippen MR) is 79.6 cm³/mol.